The lowest BCUT2D eigenvalue weighted by Crippen LogP contribution is -2.54. The molecule has 0 fully saturated rings. The Morgan fingerprint density at radius 3 is 1.45 bits per heavy atom. The van der Waals surface area contributed by atoms with Crippen molar-refractivity contribution in [3.05, 3.63) is 41.0 Å². The molecule has 17 heteroatoms. The summed E-state index contributed by atoms with van der Waals surface area (Å²) < 4.78 is 193. The Morgan fingerprint density at radius 2 is 1.14 bits per heavy atom. The molecule has 29 heavy (non-hydrogen) atoms. The van der Waals surface area contributed by atoms with Gasteiger partial charge in [0.2, 0.25) is 0 Å². The number of alkyl halides is 8. The number of hydrogen-bond acceptors (Lipinski definition) is 3. The number of hydrogen-bond donors (Lipinski definition) is 0. The summed E-state index contributed by atoms with van der Waals surface area (Å²) >= 11 is 0. The van der Waals surface area contributed by atoms with Crippen LogP contribution >= 0.6 is 0 Å². The second kappa shape index (κ2) is 7.03. The van der Waals surface area contributed by atoms with Crippen LogP contribution in [0.25, 0.3) is 6.08 Å². The number of benzene rings is 1. The van der Waals surface area contributed by atoms with Gasteiger partial charge in [-0.2, -0.15) is 43.5 Å². The molecule has 0 atom stereocenters. The van der Waals surface area contributed by atoms with Crippen molar-refractivity contribution in [1.29, 1.82) is 0 Å². The van der Waals surface area contributed by atoms with Gasteiger partial charge in [0, 0.05) is 0 Å². The Bertz CT molecular complexity index is 910. The third-order valence-electron chi connectivity index (χ3n) is 3.08. The first kappa shape index (κ1) is 25.0. The maximum absolute atomic E-state index is 13.7. The second-order valence-electron chi connectivity index (χ2n) is 4.91. The first-order chi connectivity index (χ1) is 12.7. The van der Waals surface area contributed by atoms with Gasteiger partial charge in [-0.25, -0.2) is 22.3 Å². The minimum absolute atomic E-state index is 0.00814. The second-order valence-corrected chi connectivity index (χ2v) is 6.30. The van der Waals surface area contributed by atoms with Crippen molar-refractivity contribution in [3.63, 3.8) is 0 Å². The number of rotatable bonds is 7. The largest absolute Gasteiger partial charge is 0.464 e. The molecule has 0 aliphatic carbocycles. The summed E-state index contributed by atoms with van der Waals surface area (Å²) in [4.78, 5) is 0. The Labute approximate surface area is 151 Å². The van der Waals surface area contributed by atoms with Crippen molar-refractivity contribution in [2.24, 2.45) is 0 Å². The summed E-state index contributed by atoms with van der Waals surface area (Å²) in [6, 6.07) is 0. The molecule has 1 rings (SSSR count). The lowest BCUT2D eigenvalue weighted by molar-refractivity contribution is -0.460. The van der Waals surface area contributed by atoms with E-state index >= 15 is 0 Å². The number of ether oxygens (including phenoxy) is 1. The van der Waals surface area contributed by atoms with Crippen LogP contribution in [0.4, 0.5) is 56.6 Å². The van der Waals surface area contributed by atoms with E-state index in [0.29, 0.717) is 0 Å². The molecule has 3 nitrogen and oxygen atoms in total. The molecule has 0 saturated carbocycles. The van der Waals surface area contributed by atoms with E-state index in [1.54, 1.807) is 4.74 Å². The van der Waals surface area contributed by atoms with Gasteiger partial charge in [-0.3, -0.25) is 0 Å². The molecule has 0 aliphatic rings. The molecule has 0 unspecified atom stereocenters. The van der Waals surface area contributed by atoms with Crippen LogP contribution in [-0.2, 0) is 20.9 Å². The molecule has 0 aromatic heterocycles. The standard InChI is InChI=1S/C12H3F13O3S/c1-2-3-5(13)7(15)4(8(16)6(3)14)9(17,18)10(19,20)28-11(21,22)12(23,24)29(25,26)27/h2H,1H2. The van der Waals surface area contributed by atoms with E-state index in [4.69, 9.17) is 0 Å². The molecule has 0 radical (unpaired) electrons. The molecule has 0 heterocycles. The molecule has 0 saturated heterocycles. The smallest absolute Gasteiger partial charge is 0.244 e. The van der Waals surface area contributed by atoms with Crippen molar-refractivity contribution >= 4 is 16.3 Å². The molecule has 166 valence electrons. The average Bonchev–Trinajstić information content (AvgIpc) is 2.51. The fraction of sp³-hybridized carbons (Fsp3) is 0.333. The predicted octanol–water partition coefficient (Wildman–Crippen LogP) is 5.07. The van der Waals surface area contributed by atoms with E-state index in [0.717, 1.165) is 0 Å². The van der Waals surface area contributed by atoms with Crippen molar-refractivity contribution in [2.75, 3.05) is 0 Å². The molecule has 1 aromatic carbocycles. The topological polar surface area (TPSA) is 43.4 Å². The fourth-order valence-electron chi connectivity index (χ4n) is 1.68. The number of halogens is 13. The normalized spacial score (nSPS) is 14.2. The van der Waals surface area contributed by atoms with Gasteiger partial charge in [-0.1, -0.05) is 16.5 Å². The van der Waals surface area contributed by atoms with E-state index in [-0.39, 0.29) is 6.08 Å². The van der Waals surface area contributed by atoms with Gasteiger partial charge >= 0.3 is 33.6 Å². The van der Waals surface area contributed by atoms with E-state index in [1.165, 1.54) is 0 Å². The Balaban J connectivity index is 3.67. The SMILES string of the molecule is C=Cc1c(F)c(F)c(C(F)(F)C(F)(F)OC(F)(F)C(F)(F)S(=O)(=O)F)c(F)c1F. The summed E-state index contributed by atoms with van der Waals surface area (Å²) in [5.74, 6) is -18.9. The van der Waals surface area contributed by atoms with Crippen LogP contribution in [0.5, 0.6) is 0 Å². The molecule has 0 amide bonds. The van der Waals surface area contributed by atoms with Gasteiger partial charge in [0.05, 0.1) is 5.56 Å². The molecular formula is C12H3F13O3S. The van der Waals surface area contributed by atoms with Crippen LogP contribution < -0.4 is 0 Å². The van der Waals surface area contributed by atoms with Gasteiger partial charge < -0.3 is 0 Å². The zero-order chi connectivity index (χ0) is 23.4. The van der Waals surface area contributed by atoms with E-state index < -0.39 is 68.0 Å². The molecular weight excluding hydrogens is 471 g/mol. The lowest BCUT2D eigenvalue weighted by atomic mass is 10.0. The molecule has 1 aromatic rings. The van der Waals surface area contributed by atoms with E-state index in [1.807, 2.05) is 0 Å². The average molecular weight is 474 g/mol. The molecule has 0 bridgehead atoms. The highest BCUT2D eigenvalue weighted by Gasteiger charge is 2.75. The summed E-state index contributed by atoms with van der Waals surface area (Å²) in [7, 11) is -7.75. The fourth-order valence-corrected chi connectivity index (χ4v) is 2.00. The first-order valence-electron chi connectivity index (χ1n) is 6.31. The van der Waals surface area contributed by atoms with Crippen LogP contribution in [0.1, 0.15) is 11.1 Å². The van der Waals surface area contributed by atoms with Gasteiger partial charge in [0.15, 0.2) is 23.3 Å². The highest BCUT2D eigenvalue weighted by atomic mass is 32.3. The summed E-state index contributed by atoms with van der Waals surface area (Å²) in [5.41, 5.74) is -5.37. The monoisotopic (exact) mass is 474 g/mol. The Kier molecular flexibility index (Phi) is 6.06. The Hall–Kier alpha value is -2.04. The van der Waals surface area contributed by atoms with Gasteiger partial charge in [0.1, 0.15) is 5.56 Å². The Morgan fingerprint density at radius 1 is 0.759 bits per heavy atom. The quantitative estimate of drug-likeness (QED) is 0.315. The third-order valence-corrected chi connectivity index (χ3v) is 3.93. The van der Waals surface area contributed by atoms with Crippen molar-refractivity contribution in [1.82, 2.24) is 0 Å². The van der Waals surface area contributed by atoms with Crippen LogP contribution in [0.2, 0.25) is 0 Å². The minimum Gasteiger partial charge on any atom is -0.244 e. The summed E-state index contributed by atoms with van der Waals surface area (Å²) in [6.45, 7) is 2.63. The van der Waals surface area contributed by atoms with E-state index in [2.05, 4.69) is 6.58 Å². The zero-order valence-electron chi connectivity index (χ0n) is 12.8. The van der Waals surface area contributed by atoms with Crippen LogP contribution in [-0.4, -0.2) is 25.9 Å². The van der Waals surface area contributed by atoms with Crippen molar-refractivity contribution in [3.8, 4) is 0 Å². The first-order valence-corrected chi connectivity index (χ1v) is 7.70. The van der Waals surface area contributed by atoms with Crippen molar-refractivity contribution < 1.29 is 69.7 Å². The van der Waals surface area contributed by atoms with Crippen LogP contribution in [0.3, 0.4) is 0 Å². The molecule has 0 N–H and O–H groups in total. The van der Waals surface area contributed by atoms with Crippen LogP contribution in [0.15, 0.2) is 6.58 Å². The van der Waals surface area contributed by atoms with Gasteiger partial charge in [0.25, 0.3) is 0 Å². The highest BCUT2D eigenvalue weighted by Crippen LogP contribution is 2.52. The zero-order valence-corrected chi connectivity index (χ0v) is 13.6. The molecule has 0 aliphatic heterocycles. The van der Waals surface area contributed by atoms with E-state index in [9.17, 15) is 65.0 Å². The maximum atomic E-state index is 13.7. The van der Waals surface area contributed by atoms with Gasteiger partial charge in [-0.15, -0.1) is 0 Å². The molecule has 0 spiro atoms. The lowest BCUT2D eigenvalue weighted by Gasteiger charge is -2.31. The minimum atomic E-state index is -7.75. The van der Waals surface area contributed by atoms with Gasteiger partial charge in [-0.05, 0) is 0 Å². The van der Waals surface area contributed by atoms with Crippen LogP contribution in [0, 0.1) is 23.3 Å². The predicted molar refractivity (Wildman–Crippen MR) is 66.2 cm³/mol. The summed E-state index contributed by atoms with van der Waals surface area (Å²) in [5, 5.41) is -7.18. The van der Waals surface area contributed by atoms with Crippen molar-refractivity contribution in [2.45, 2.75) is 23.4 Å². The maximum Gasteiger partial charge on any atom is 0.464 e. The third kappa shape index (κ3) is 3.76. The summed E-state index contributed by atoms with van der Waals surface area (Å²) in [6.07, 6.45) is -14.4. The highest BCUT2D eigenvalue weighted by molar-refractivity contribution is 7.87.